The Bertz CT molecular complexity index is 633. The van der Waals surface area contributed by atoms with Crippen molar-refractivity contribution in [2.24, 2.45) is 0 Å². The third kappa shape index (κ3) is 2.60. The quantitative estimate of drug-likeness (QED) is 0.894. The van der Waals surface area contributed by atoms with Crippen LogP contribution in [0, 0.1) is 0 Å². The molecule has 0 aromatic carbocycles. The molecule has 0 spiro atoms. The van der Waals surface area contributed by atoms with Gasteiger partial charge in [0.15, 0.2) is 11.5 Å². The SMILES string of the molecule is CCc1nc(Cn2nnc(C(=O)O)c2C(F)(F)F)no1. The molecule has 0 saturated heterocycles. The van der Waals surface area contributed by atoms with Gasteiger partial charge in [0, 0.05) is 6.42 Å². The van der Waals surface area contributed by atoms with E-state index in [1.54, 1.807) is 6.92 Å². The number of nitrogens with zero attached hydrogens (tertiary/aromatic N) is 5. The Morgan fingerprint density at radius 1 is 1.45 bits per heavy atom. The number of rotatable bonds is 4. The van der Waals surface area contributed by atoms with E-state index in [2.05, 4.69) is 20.5 Å². The fraction of sp³-hybridized carbons (Fsp3) is 0.444. The molecule has 0 aliphatic rings. The van der Waals surface area contributed by atoms with Crippen molar-refractivity contribution in [1.29, 1.82) is 0 Å². The molecule has 108 valence electrons. The standard InChI is InChI=1S/C9H8F3N5O3/c1-2-5-13-4(15-20-5)3-17-7(9(10,11)12)6(8(18)19)14-16-17/h2-3H2,1H3,(H,18,19). The Labute approximate surface area is 109 Å². The van der Waals surface area contributed by atoms with Crippen LogP contribution in [0.1, 0.15) is 34.8 Å². The minimum Gasteiger partial charge on any atom is -0.476 e. The fourth-order valence-corrected chi connectivity index (χ4v) is 1.48. The van der Waals surface area contributed by atoms with Crippen molar-refractivity contribution >= 4 is 5.97 Å². The predicted molar refractivity (Wildman–Crippen MR) is 54.8 cm³/mol. The molecule has 0 amide bonds. The van der Waals surface area contributed by atoms with Crippen molar-refractivity contribution in [1.82, 2.24) is 25.1 Å². The second kappa shape index (κ2) is 4.90. The number of aromatic carboxylic acids is 1. The summed E-state index contributed by atoms with van der Waals surface area (Å²) in [6.45, 7) is 1.25. The summed E-state index contributed by atoms with van der Waals surface area (Å²) in [5.41, 5.74) is -2.63. The van der Waals surface area contributed by atoms with Gasteiger partial charge in [0.05, 0.1) is 0 Å². The van der Waals surface area contributed by atoms with Gasteiger partial charge in [0.1, 0.15) is 6.54 Å². The predicted octanol–water partition coefficient (Wildman–Crippen LogP) is 0.989. The molecule has 8 nitrogen and oxygen atoms in total. The van der Waals surface area contributed by atoms with Crippen LogP contribution in [-0.2, 0) is 19.1 Å². The van der Waals surface area contributed by atoms with Gasteiger partial charge < -0.3 is 9.63 Å². The lowest BCUT2D eigenvalue weighted by molar-refractivity contribution is -0.144. The zero-order chi connectivity index (χ0) is 14.9. The molecule has 0 radical (unpaired) electrons. The lowest BCUT2D eigenvalue weighted by atomic mass is 10.3. The monoisotopic (exact) mass is 291 g/mol. The highest BCUT2D eigenvalue weighted by Gasteiger charge is 2.41. The van der Waals surface area contributed by atoms with Gasteiger partial charge in [-0.05, 0) is 0 Å². The highest BCUT2D eigenvalue weighted by Crippen LogP contribution is 2.31. The summed E-state index contributed by atoms with van der Waals surface area (Å²) in [6, 6.07) is 0. The fourth-order valence-electron chi connectivity index (χ4n) is 1.48. The van der Waals surface area contributed by atoms with Gasteiger partial charge in [0.25, 0.3) is 0 Å². The van der Waals surface area contributed by atoms with Gasteiger partial charge in [-0.2, -0.15) is 18.2 Å². The molecule has 0 unspecified atom stereocenters. The Balaban J connectivity index is 2.39. The molecule has 0 bridgehead atoms. The second-order valence-corrected chi connectivity index (χ2v) is 3.71. The van der Waals surface area contributed by atoms with Crippen molar-refractivity contribution < 1.29 is 27.6 Å². The molecule has 20 heavy (non-hydrogen) atoms. The normalized spacial score (nSPS) is 11.8. The summed E-state index contributed by atoms with van der Waals surface area (Å²) in [5, 5.41) is 18.3. The lowest BCUT2D eigenvalue weighted by Gasteiger charge is -2.08. The minimum absolute atomic E-state index is 0.0470. The van der Waals surface area contributed by atoms with Gasteiger partial charge in [-0.25, -0.2) is 9.48 Å². The van der Waals surface area contributed by atoms with Crippen molar-refractivity contribution in [3.63, 3.8) is 0 Å². The van der Waals surface area contributed by atoms with E-state index in [9.17, 15) is 18.0 Å². The first-order chi connectivity index (χ1) is 9.32. The van der Waals surface area contributed by atoms with Gasteiger partial charge in [-0.3, -0.25) is 0 Å². The number of carbonyl (C=O) groups is 1. The lowest BCUT2D eigenvalue weighted by Crippen LogP contribution is -2.19. The molecular formula is C9H8F3N5O3. The summed E-state index contributed by atoms with van der Waals surface area (Å²) in [5.74, 6) is -1.60. The van der Waals surface area contributed by atoms with Gasteiger partial charge in [-0.1, -0.05) is 17.3 Å². The van der Waals surface area contributed by atoms with Crippen LogP contribution >= 0.6 is 0 Å². The van der Waals surface area contributed by atoms with Crippen LogP contribution in [0.5, 0.6) is 0 Å². The van der Waals surface area contributed by atoms with Crippen molar-refractivity contribution in [3.05, 3.63) is 23.1 Å². The summed E-state index contributed by atoms with van der Waals surface area (Å²) < 4.78 is 43.7. The van der Waals surface area contributed by atoms with Gasteiger partial charge in [-0.15, -0.1) is 5.10 Å². The van der Waals surface area contributed by atoms with Crippen LogP contribution in [-0.4, -0.2) is 36.2 Å². The Hall–Kier alpha value is -2.46. The number of carboxylic acid groups (broad SMARTS) is 1. The van der Waals surface area contributed by atoms with E-state index in [1.165, 1.54) is 0 Å². The molecule has 0 atom stereocenters. The number of alkyl halides is 3. The molecule has 0 aliphatic heterocycles. The number of aryl methyl sites for hydroxylation is 1. The first-order valence-electron chi connectivity index (χ1n) is 5.38. The Kier molecular flexibility index (Phi) is 3.42. The number of hydrogen-bond donors (Lipinski definition) is 1. The number of hydrogen-bond acceptors (Lipinski definition) is 6. The largest absolute Gasteiger partial charge is 0.476 e. The summed E-state index contributed by atoms with van der Waals surface area (Å²) in [4.78, 5) is 14.5. The topological polar surface area (TPSA) is 107 Å². The van der Waals surface area contributed by atoms with Crippen molar-refractivity contribution in [2.45, 2.75) is 26.1 Å². The van der Waals surface area contributed by atoms with E-state index >= 15 is 0 Å². The smallest absolute Gasteiger partial charge is 0.435 e. The molecule has 2 aromatic heterocycles. The van der Waals surface area contributed by atoms with Crippen LogP contribution < -0.4 is 0 Å². The van der Waals surface area contributed by atoms with Crippen LogP contribution in [0.15, 0.2) is 4.52 Å². The maximum Gasteiger partial charge on any atom is 0.435 e. The van der Waals surface area contributed by atoms with Crippen LogP contribution in [0.2, 0.25) is 0 Å². The molecule has 1 N–H and O–H groups in total. The summed E-state index contributed by atoms with van der Waals surface area (Å²) in [7, 11) is 0. The first-order valence-corrected chi connectivity index (χ1v) is 5.38. The maximum absolute atomic E-state index is 12.8. The van der Waals surface area contributed by atoms with E-state index in [-0.39, 0.29) is 11.7 Å². The van der Waals surface area contributed by atoms with E-state index in [0.717, 1.165) is 0 Å². The third-order valence-corrected chi connectivity index (χ3v) is 2.31. The molecule has 0 aliphatic carbocycles. The summed E-state index contributed by atoms with van der Waals surface area (Å²) in [6.07, 6.45) is -4.48. The zero-order valence-corrected chi connectivity index (χ0v) is 10.0. The van der Waals surface area contributed by atoms with E-state index in [4.69, 9.17) is 9.63 Å². The van der Waals surface area contributed by atoms with Crippen molar-refractivity contribution in [2.75, 3.05) is 0 Å². The molecule has 2 heterocycles. The average molecular weight is 291 g/mol. The molecule has 0 saturated carbocycles. The highest BCUT2D eigenvalue weighted by molar-refractivity contribution is 5.86. The average Bonchev–Trinajstić information content (AvgIpc) is 2.95. The number of carboxylic acids is 1. The molecule has 11 heteroatoms. The van der Waals surface area contributed by atoms with Crippen LogP contribution in [0.25, 0.3) is 0 Å². The van der Waals surface area contributed by atoms with Gasteiger partial charge >= 0.3 is 12.1 Å². The van der Waals surface area contributed by atoms with E-state index in [0.29, 0.717) is 11.1 Å². The Morgan fingerprint density at radius 2 is 2.15 bits per heavy atom. The third-order valence-electron chi connectivity index (χ3n) is 2.31. The van der Waals surface area contributed by atoms with Gasteiger partial charge in [0.2, 0.25) is 11.6 Å². The highest BCUT2D eigenvalue weighted by atomic mass is 19.4. The number of halogens is 3. The first kappa shape index (κ1) is 14.0. The molecule has 0 fully saturated rings. The Morgan fingerprint density at radius 3 is 2.65 bits per heavy atom. The van der Waals surface area contributed by atoms with Crippen LogP contribution in [0.4, 0.5) is 13.2 Å². The van der Waals surface area contributed by atoms with E-state index < -0.39 is 30.1 Å². The molecule has 2 aromatic rings. The zero-order valence-electron chi connectivity index (χ0n) is 10.0. The van der Waals surface area contributed by atoms with E-state index in [1.807, 2.05) is 0 Å². The molecular weight excluding hydrogens is 283 g/mol. The molecule has 2 rings (SSSR count). The second-order valence-electron chi connectivity index (χ2n) is 3.71. The van der Waals surface area contributed by atoms with Crippen molar-refractivity contribution in [3.8, 4) is 0 Å². The summed E-state index contributed by atoms with van der Waals surface area (Å²) >= 11 is 0. The van der Waals surface area contributed by atoms with Crippen LogP contribution in [0.3, 0.4) is 0 Å². The maximum atomic E-state index is 12.8. The minimum atomic E-state index is -4.91. The number of aromatic nitrogens is 5.